The summed E-state index contributed by atoms with van der Waals surface area (Å²) in [7, 11) is 0. The van der Waals surface area contributed by atoms with Crippen LogP contribution in [0, 0.1) is 0 Å². The first-order chi connectivity index (χ1) is 9.30. The lowest BCUT2D eigenvalue weighted by molar-refractivity contribution is 0.988. The minimum Gasteiger partial charge on any atom is -0.337 e. The number of aromatic nitrogens is 5. The summed E-state index contributed by atoms with van der Waals surface area (Å²) in [5.74, 6) is 0. The Bertz CT molecular complexity index is 705. The van der Waals surface area contributed by atoms with Crippen molar-refractivity contribution in [2.24, 2.45) is 0 Å². The molecule has 3 heterocycles. The number of thioether (sulfide) groups is 1. The van der Waals surface area contributed by atoms with E-state index in [1.54, 1.807) is 29.4 Å². The summed E-state index contributed by atoms with van der Waals surface area (Å²) in [6.45, 7) is 2.10. The summed E-state index contributed by atoms with van der Waals surface area (Å²) in [4.78, 5) is 20.6. The summed E-state index contributed by atoms with van der Waals surface area (Å²) in [5.41, 5.74) is 1.89. The topological polar surface area (TPSA) is 67.3 Å². The average Bonchev–Trinajstić information content (AvgIpc) is 3.05. The van der Waals surface area contributed by atoms with Crippen LogP contribution in [0.1, 0.15) is 12.6 Å². The first-order valence-electron chi connectivity index (χ1n) is 5.67. The normalized spacial score (nSPS) is 11.3. The van der Waals surface area contributed by atoms with E-state index in [0.717, 1.165) is 37.0 Å². The summed E-state index contributed by atoms with van der Waals surface area (Å²) in [5, 5.41) is 1.76. The van der Waals surface area contributed by atoms with Gasteiger partial charge in [-0.05, 0) is 24.4 Å². The van der Waals surface area contributed by atoms with E-state index in [2.05, 4.69) is 31.8 Å². The molecule has 0 spiro atoms. The Morgan fingerprint density at radius 1 is 1.32 bits per heavy atom. The van der Waals surface area contributed by atoms with Crippen molar-refractivity contribution in [2.75, 3.05) is 6.26 Å². The van der Waals surface area contributed by atoms with E-state index in [0.29, 0.717) is 0 Å². The van der Waals surface area contributed by atoms with E-state index in [1.807, 2.05) is 12.5 Å². The monoisotopic (exact) mass is 309 g/mol. The molecule has 0 saturated carbocycles. The molecule has 3 rings (SSSR count). The second-order valence-electron chi connectivity index (χ2n) is 3.68. The van der Waals surface area contributed by atoms with E-state index in [-0.39, 0.29) is 0 Å². The highest BCUT2D eigenvalue weighted by atomic mass is 32.2. The molecule has 98 valence electrons. The standard InChI is InChI=1S/C11H11N5S3/c1-3-6-4-12-10(15-6)19-9-7-8(13-5-14-9)16-11(17-2)18-7/h4-5H,3H2,1-2H3,(H,12,15). The summed E-state index contributed by atoms with van der Waals surface area (Å²) < 4.78 is 2.03. The Balaban J connectivity index is 1.97. The number of nitrogens with zero attached hydrogens (tertiary/aromatic N) is 4. The van der Waals surface area contributed by atoms with Gasteiger partial charge in [-0.15, -0.1) is 11.3 Å². The van der Waals surface area contributed by atoms with Gasteiger partial charge in [-0.1, -0.05) is 18.7 Å². The van der Waals surface area contributed by atoms with Crippen molar-refractivity contribution < 1.29 is 0 Å². The maximum Gasteiger partial charge on any atom is 0.175 e. The minimum absolute atomic E-state index is 0.758. The zero-order valence-corrected chi connectivity index (χ0v) is 12.8. The van der Waals surface area contributed by atoms with Crippen LogP contribution in [0.3, 0.4) is 0 Å². The molecule has 0 bridgehead atoms. The van der Waals surface area contributed by atoms with Crippen LogP contribution in [0.5, 0.6) is 0 Å². The van der Waals surface area contributed by atoms with Gasteiger partial charge in [0.25, 0.3) is 0 Å². The molecular weight excluding hydrogens is 298 g/mol. The van der Waals surface area contributed by atoms with Crippen LogP contribution in [0.15, 0.2) is 27.0 Å². The van der Waals surface area contributed by atoms with Gasteiger partial charge < -0.3 is 4.98 Å². The fraction of sp³-hybridized carbons (Fsp3) is 0.273. The Labute approximate surface area is 122 Å². The van der Waals surface area contributed by atoms with Crippen molar-refractivity contribution in [3.8, 4) is 0 Å². The molecular formula is C11H11N5S3. The number of nitrogens with one attached hydrogen (secondary N) is 1. The summed E-state index contributed by atoms with van der Waals surface area (Å²) >= 11 is 4.76. The SMILES string of the molecule is CCc1cnc(Sc2ncnc3nc(SC)sc23)[nH]1. The fourth-order valence-corrected chi connectivity index (χ4v) is 3.94. The molecule has 0 aliphatic carbocycles. The molecule has 5 nitrogen and oxygen atoms in total. The first kappa shape index (κ1) is 12.9. The lowest BCUT2D eigenvalue weighted by Gasteiger charge is -1.97. The quantitative estimate of drug-likeness (QED) is 0.589. The van der Waals surface area contributed by atoms with Crippen LogP contribution >= 0.6 is 34.9 Å². The molecule has 0 aromatic carbocycles. The molecule has 3 aromatic rings. The molecule has 0 aliphatic heterocycles. The molecule has 0 saturated heterocycles. The summed E-state index contributed by atoms with van der Waals surface area (Å²) in [6, 6.07) is 0. The molecule has 0 atom stereocenters. The van der Waals surface area contributed by atoms with Gasteiger partial charge in [-0.2, -0.15) is 0 Å². The van der Waals surface area contributed by atoms with Crippen molar-refractivity contribution in [2.45, 2.75) is 27.9 Å². The van der Waals surface area contributed by atoms with Gasteiger partial charge in [-0.25, -0.2) is 19.9 Å². The largest absolute Gasteiger partial charge is 0.337 e. The highest BCUT2D eigenvalue weighted by molar-refractivity contribution is 8.00. The number of hydrogen-bond donors (Lipinski definition) is 1. The number of fused-ring (bicyclic) bond motifs is 1. The number of aryl methyl sites for hydroxylation is 1. The van der Waals surface area contributed by atoms with E-state index >= 15 is 0 Å². The maximum absolute atomic E-state index is 4.44. The maximum atomic E-state index is 4.44. The van der Waals surface area contributed by atoms with E-state index in [1.165, 1.54) is 11.8 Å². The molecule has 0 aliphatic rings. The minimum atomic E-state index is 0.758. The third-order valence-electron chi connectivity index (χ3n) is 2.49. The summed E-state index contributed by atoms with van der Waals surface area (Å²) in [6.07, 6.45) is 6.38. The molecule has 19 heavy (non-hydrogen) atoms. The van der Waals surface area contributed by atoms with Crippen molar-refractivity contribution in [1.82, 2.24) is 24.9 Å². The van der Waals surface area contributed by atoms with Crippen molar-refractivity contribution in [3.05, 3.63) is 18.2 Å². The number of aromatic amines is 1. The predicted molar refractivity (Wildman–Crippen MR) is 79.1 cm³/mol. The smallest absolute Gasteiger partial charge is 0.175 e. The van der Waals surface area contributed by atoms with Gasteiger partial charge in [0, 0.05) is 11.9 Å². The van der Waals surface area contributed by atoms with Gasteiger partial charge in [0.15, 0.2) is 15.1 Å². The Hall–Kier alpha value is -1.12. The van der Waals surface area contributed by atoms with Crippen molar-refractivity contribution in [3.63, 3.8) is 0 Å². The molecule has 0 amide bonds. The second-order valence-corrected chi connectivity index (χ2v) is 6.71. The van der Waals surface area contributed by atoms with Crippen molar-refractivity contribution in [1.29, 1.82) is 0 Å². The lowest BCUT2D eigenvalue weighted by atomic mass is 10.4. The van der Waals surface area contributed by atoms with E-state index < -0.39 is 0 Å². The van der Waals surface area contributed by atoms with E-state index in [9.17, 15) is 0 Å². The van der Waals surface area contributed by atoms with E-state index in [4.69, 9.17) is 0 Å². The average molecular weight is 309 g/mol. The van der Waals surface area contributed by atoms with Gasteiger partial charge in [0.05, 0.1) is 0 Å². The van der Waals surface area contributed by atoms with Crippen LogP contribution in [0.2, 0.25) is 0 Å². The van der Waals surface area contributed by atoms with Gasteiger partial charge >= 0.3 is 0 Å². The van der Waals surface area contributed by atoms with Gasteiger partial charge in [0.1, 0.15) is 16.1 Å². The number of H-pyrrole nitrogens is 1. The van der Waals surface area contributed by atoms with Crippen LogP contribution < -0.4 is 0 Å². The number of hydrogen-bond acceptors (Lipinski definition) is 7. The molecule has 1 N–H and O–H groups in total. The van der Waals surface area contributed by atoms with Crippen LogP contribution in [-0.2, 0) is 6.42 Å². The van der Waals surface area contributed by atoms with Crippen molar-refractivity contribution >= 4 is 45.2 Å². The zero-order chi connectivity index (χ0) is 13.2. The molecule has 0 radical (unpaired) electrons. The van der Waals surface area contributed by atoms with Gasteiger partial charge in [-0.3, -0.25) is 0 Å². The number of thiazole rings is 1. The van der Waals surface area contributed by atoms with Crippen LogP contribution in [-0.4, -0.2) is 31.2 Å². The molecule has 8 heteroatoms. The predicted octanol–water partition coefficient (Wildman–Crippen LogP) is 3.24. The lowest BCUT2D eigenvalue weighted by Crippen LogP contribution is -1.85. The Morgan fingerprint density at radius 2 is 2.21 bits per heavy atom. The van der Waals surface area contributed by atoms with Crippen LogP contribution in [0.25, 0.3) is 10.3 Å². The number of imidazole rings is 1. The zero-order valence-electron chi connectivity index (χ0n) is 10.4. The third kappa shape index (κ3) is 2.60. The second kappa shape index (κ2) is 5.48. The molecule has 3 aromatic heterocycles. The first-order valence-corrected chi connectivity index (χ1v) is 8.53. The highest BCUT2D eigenvalue weighted by Crippen LogP contribution is 2.35. The van der Waals surface area contributed by atoms with Gasteiger partial charge in [0.2, 0.25) is 0 Å². The van der Waals surface area contributed by atoms with Crippen LogP contribution in [0.4, 0.5) is 0 Å². The third-order valence-corrected chi connectivity index (χ3v) is 5.56. The molecule has 0 unspecified atom stereocenters. The molecule has 0 fully saturated rings. The fourth-order valence-electron chi connectivity index (χ4n) is 1.54. The highest BCUT2D eigenvalue weighted by Gasteiger charge is 2.12. The Morgan fingerprint density at radius 3 is 2.95 bits per heavy atom. The Kier molecular flexibility index (Phi) is 3.72. The number of rotatable bonds is 4.